The number of hydrogen-bond donors (Lipinski definition) is 2. The summed E-state index contributed by atoms with van der Waals surface area (Å²) in [6, 6.07) is 55.6. The summed E-state index contributed by atoms with van der Waals surface area (Å²) in [4.78, 5) is 57.1. The van der Waals surface area contributed by atoms with E-state index in [2.05, 4.69) is 110 Å². The monoisotopic (exact) mass is 1160 g/mol. The van der Waals surface area contributed by atoms with Crippen LogP contribution >= 0.6 is 0 Å². The lowest BCUT2D eigenvalue weighted by Gasteiger charge is -2.52. The first-order valence-electron chi connectivity index (χ1n) is 29.8. The minimum Gasteiger partial charge on any atom is -0.459 e. The van der Waals surface area contributed by atoms with Crippen LogP contribution in [0.15, 0.2) is 189 Å². The van der Waals surface area contributed by atoms with Crippen LogP contribution in [0.1, 0.15) is 201 Å². The van der Waals surface area contributed by atoms with Gasteiger partial charge in [0.2, 0.25) is 0 Å². The Morgan fingerprint density at radius 3 is 1.02 bits per heavy atom. The average molecular weight is 1160 g/mol. The highest BCUT2D eigenvalue weighted by molar-refractivity contribution is 5.92. The minimum absolute atomic E-state index is 0.00727. The Bertz CT molecular complexity index is 2820. The van der Waals surface area contributed by atoms with Gasteiger partial charge in [-0.1, -0.05) is 158 Å². The summed E-state index contributed by atoms with van der Waals surface area (Å²) in [5.41, 5.74) is 4.11. The highest BCUT2D eigenvalue weighted by Gasteiger charge is 2.45. The smallest absolute Gasteiger partial charge is 0.386 e. The molecule has 0 aromatic heterocycles. The number of esters is 1. The second-order valence-electron chi connectivity index (χ2n) is 25.6. The quantitative estimate of drug-likeness (QED) is 0.0643. The minimum atomic E-state index is -0.708. The molecule has 85 heavy (non-hydrogen) atoms. The summed E-state index contributed by atoms with van der Waals surface area (Å²) in [5, 5.41) is 25.2. The topological polar surface area (TPSA) is 148 Å². The predicted octanol–water partition coefficient (Wildman–Crippen LogP) is 16.6. The number of hydroxylamine groups is 6. The summed E-state index contributed by atoms with van der Waals surface area (Å²) in [6.07, 6.45) is 11.3. The Morgan fingerprint density at radius 1 is 0.435 bits per heavy atom. The van der Waals surface area contributed by atoms with Gasteiger partial charge >= 0.3 is 17.9 Å². The lowest BCUT2D eigenvalue weighted by Crippen LogP contribution is -2.58. The highest BCUT2D eigenvalue weighted by Crippen LogP contribution is 2.42. The molecule has 13 nitrogen and oxygen atoms in total. The van der Waals surface area contributed by atoms with Crippen molar-refractivity contribution in [3.05, 3.63) is 222 Å². The zero-order chi connectivity index (χ0) is 62.3. The van der Waals surface area contributed by atoms with Crippen LogP contribution in [0.25, 0.3) is 6.08 Å². The molecule has 2 N–H and O–H groups in total. The fourth-order valence-electron chi connectivity index (χ4n) is 11.2. The zero-order valence-corrected chi connectivity index (χ0v) is 52.5. The molecule has 3 heterocycles. The fraction of sp³-hybridized carbons (Fsp3) is 0.431. The van der Waals surface area contributed by atoms with Gasteiger partial charge in [0.25, 0.3) is 0 Å². The number of aliphatic hydroxyl groups excluding tert-OH is 1. The normalized spacial score (nSPS) is 18.8. The van der Waals surface area contributed by atoms with Crippen LogP contribution in [0.4, 0.5) is 0 Å². The molecule has 3 aliphatic rings. The lowest BCUT2D eigenvalue weighted by molar-refractivity contribution is -0.311. The summed E-state index contributed by atoms with van der Waals surface area (Å²) >= 11 is 0. The van der Waals surface area contributed by atoms with Gasteiger partial charge in [0.05, 0.1) is 23.3 Å². The van der Waals surface area contributed by atoms with Crippen LogP contribution in [0, 0.1) is 0 Å². The van der Waals surface area contributed by atoms with Crippen molar-refractivity contribution < 1.29 is 48.9 Å². The van der Waals surface area contributed by atoms with Crippen molar-refractivity contribution in [2.24, 2.45) is 0 Å². The van der Waals surface area contributed by atoms with Crippen molar-refractivity contribution in [3.8, 4) is 0 Å². The molecule has 2 atom stereocenters. The predicted molar refractivity (Wildman–Crippen MR) is 338 cm³/mol. The number of nitrogens with zero attached hydrogens (tertiary/aromatic N) is 3. The van der Waals surface area contributed by atoms with Crippen LogP contribution in [0.5, 0.6) is 0 Å². The van der Waals surface area contributed by atoms with Gasteiger partial charge in [0.1, 0.15) is 18.8 Å². The van der Waals surface area contributed by atoms with Gasteiger partial charge < -0.3 is 15.1 Å². The largest absolute Gasteiger partial charge is 0.459 e. The maximum absolute atomic E-state index is 12.4. The Kier molecular flexibility index (Phi) is 26.0. The zero-order valence-electron chi connectivity index (χ0n) is 52.5. The second kappa shape index (κ2) is 32.1. The van der Waals surface area contributed by atoms with Crippen LogP contribution in [-0.2, 0) is 24.2 Å². The van der Waals surface area contributed by atoms with Crippen molar-refractivity contribution in [1.29, 1.82) is 0 Å². The molecule has 3 aliphatic heterocycles. The van der Waals surface area contributed by atoms with Crippen molar-refractivity contribution in [1.82, 2.24) is 15.2 Å². The highest BCUT2D eigenvalue weighted by atomic mass is 17.2. The first kappa shape index (κ1) is 69.0. The Balaban J connectivity index is 0.000000206. The second-order valence-corrected chi connectivity index (χ2v) is 25.6. The van der Waals surface area contributed by atoms with Gasteiger partial charge in [0.15, 0.2) is 0 Å². The van der Waals surface area contributed by atoms with Crippen molar-refractivity contribution in [2.75, 3.05) is 13.2 Å². The van der Waals surface area contributed by atoms with E-state index in [-0.39, 0.29) is 64.6 Å². The number of ether oxygens (including phenoxy) is 1. The van der Waals surface area contributed by atoms with E-state index in [9.17, 15) is 24.7 Å². The molecule has 0 radical (unpaired) electrons. The van der Waals surface area contributed by atoms with Gasteiger partial charge in [-0.25, -0.2) is 24.2 Å². The molecule has 9 rings (SSSR count). The Labute approximate surface area is 507 Å². The Hall–Kier alpha value is -6.81. The fourth-order valence-corrected chi connectivity index (χ4v) is 11.2. The van der Waals surface area contributed by atoms with Crippen molar-refractivity contribution in [3.63, 3.8) is 0 Å². The molecule has 0 bridgehead atoms. The molecule has 0 aliphatic carbocycles. The van der Waals surface area contributed by atoms with Gasteiger partial charge in [-0.05, 0) is 194 Å². The summed E-state index contributed by atoms with van der Waals surface area (Å²) in [6.45, 7) is 29.9. The van der Waals surface area contributed by atoms with E-state index in [1.54, 1.807) is 72.8 Å². The molecule has 3 saturated heterocycles. The van der Waals surface area contributed by atoms with Crippen LogP contribution in [-0.4, -0.2) is 89.9 Å². The molecular formula is C72H95N3O10. The number of carbonyl (C=O) groups excluding carboxylic acids is 3. The average Bonchev–Trinajstić information content (AvgIpc) is 2.66. The lowest BCUT2D eigenvalue weighted by atomic mass is 9.82. The number of hydrogen-bond acceptors (Lipinski definition) is 13. The van der Waals surface area contributed by atoms with Crippen LogP contribution in [0.2, 0.25) is 0 Å². The number of rotatable bonds is 13. The van der Waals surface area contributed by atoms with Gasteiger partial charge in [-0.3, -0.25) is 9.68 Å². The summed E-state index contributed by atoms with van der Waals surface area (Å²) < 4.78 is 5.63. The SMILES string of the molecule is C=Cc1ccccc1.CC1(C)CCCC(C)(C)N1O.CC1(C)CCCC(C)(C)N1OC(CO)c1ccccc1.CC1(C)CCCC(C)(C)N1OC(COC(=O)c1ccccc1)c1ccccc1.O=C(OOC(=O)c1ccccc1)c1ccccc1. The van der Waals surface area contributed by atoms with E-state index in [4.69, 9.17) is 14.4 Å². The van der Waals surface area contributed by atoms with E-state index in [0.717, 1.165) is 49.7 Å². The van der Waals surface area contributed by atoms with Gasteiger partial charge in [-0.2, -0.15) is 15.2 Å². The van der Waals surface area contributed by atoms with Crippen molar-refractivity contribution in [2.45, 2.75) is 186 Å². The first-order valence-corrected chi connectivity index (χ1v) is 29.8. The number of benzene rings is 6. The molecule has 6 aromatic rings. The van der Waals surface area contributed by atoms with Gasteiger partial charge in [-0.15, -0.1) is 0 Å². The standard InChI is InChI=1S/C24H31NO3.C17H27NO2.C14H10O4.C9H19NO.C8H8/c1-23(2)16-11-17-24(3,4)25(23)28-21(19-12-7-5-8-13-19)18-27-22(26)20-14-9-6-10-15-20;1-16(2)11-8-12-17(3,4)18(16)20-15(13-19)14-9-6-5-7-10-14;15-13(11-7-3-1-4-8-11)17-18-14(16)12-9-5-2-6-10-12;1-8(2)6-5-7-9(3,4)10(8)11;1-2-8-6-4-3-5-7-8/h5-10,12-15,21H,11,16-18H2,1-4H3;5-7,9-10,15,19H,8,11-13H2,1-4H3;1-10H;11H,5-7H2,1-4H3;2-7H,1H2. The third kappa shape index (κ3) is 21.3. The molecule has 2 unspecified atom stereocenters. The summed E-state index contributed by atoms with van der Waals surface area (Å²) in [7, 11) is 0. The Morgan fingerprint density at radius 2 is 0.718 bits per heavy atom. The molecule has 0 spiro atoms. The van der Waals surface area contributed by atoms with Crippen molar-refractivity contribution >= 4 is 24.0 Å². The third-order valence-electron chi connectivity index (χ3n) is 15.7. The van der Waals surface area contributed by atoms with Crippen LogP contribution < -0.4 is 0 Å². The molecule has 0 saturated carbocycles. The van der Waals surface area contributed by atoms with E-state index >= 15 is 0 Å². The van der Waals surface area contributed by atoms with E-state index in [1.807, 2.05) is 115 Å². The summed E-state index contributed by atoms with van der Waals surface area (Å²) in [5.74, 6) is -1.75. The van der Waals surface area contributed by atoms with E-state index < -0.39 is 11.9 Å². The molecule has 13 heteroatoms. The number of piperidine rings is 3. The molecule has 458 valence electrons. The maximum Gasteiger partial charge on any atom is 0.386 e. The first-order chi connectivity index (χ1) is 40.2. The van der Waals surface area contributed by atoms with Gasteiger partial charge in [0, 0.05) is 33.2 Å². The molecular weight excluding hydrogens is 1070 g/mol. The number of aliphatic hydroxyl groups is 1. The van der Waals surface area contributed by atoms with E-state index in [1.165, 1.54) is 29.9 Å². The molecule has 3 fully saturated rings. The number of carbonyl (C=O) groups is 3. The van der Waals surface area contributed by atoms with E-state index in [0.29, 0.717) is 16.7 Å². The molecule has 0 amide bonds. The maximum atomic E-state index is 12.4. The third-order valence-corrected chi connectivity index (χ3v) is 15.7. The van der Waals surface area contributed by atoms with Crippen LogP contribution in [0.3, 0.4) is 0 Å². The molecule has 6 aromatic carbocycles.